The van der Waals surface area contributed by atoms with E-state index < -0.39 is 5.97 Å². The zero-order valence-electron chi connectivity index (χ0n) is 15.7. The van der Waals surface area contributed by atoms with Crippen molar-refractivity contribution >= 4 is 5.97 Å². The van der Waals surface area contributed by atoms with E-state index in [1.54, 1.807) is 6.08 Å². The third-order valence-electron chi connectivity index (χ3n) is 5.18. The average molecular weight is 333 g/mol. The lowest BCUT2D eigenvalue weighted by Crippen LogP contribution is -2.04. The van der Waals surface area contributed by atoms with E-state index in [2.05, 4.69) is 19.1 Å². The second kappa shape index (κ2) is 13.0. The summed E-state index contributed by atoms with van der Waals surface area (Å²) in [7, 11) is 0. The highest BCUT2D eigenvalue weighted by molar-refractivity contribution is 5.86. The minimum absolute atomic E-state index is 0.460. The van der Waals surface area contributed by atoms with Crippen LogP contribution in [0.5, 0.6) is 0 Å². The number of allylic oxidation sites excluding steroid dienone is 5. The van der Waals surface area contributed by atoms with Gasteiger partial charge >= 0.3 is 5.97 Å². The summed E-state index contributed by atoms with van der Waals surface area (Å²) in [5, 5.41) is 8.97. The molecule has 0 spiro atoms. The van der Waals surface area contributed by atoms with Crippen LogP contribution in [0.2, 0.25) is 0 Å². The molecule has 2 heteroatoms. The lowest BCUT2D eigenvalue weighted by molar-refractivity contribution is -0.132. The van der Waals surface area contributed by atoms with Crippen molar-refractivity contribution in [2.24, 2.45) is 11.8 Å². The van der Waals surface area contributed by atoms with Crippen LogP contribution >= 0.6 is 0 Å². The monoisotopic (exact) mass is 332 g/mol. The molecule has 136 valence electrons. The third kappa shape index (κ3) is 8.52. The molecule has 1 aliphatic carbocycles. The molecule has 0 aromatic heterocycles. The van der Waals surface area contributed by atoms with Crippen molar-refractivity contribution < 1.29 is 9.90 Å². The normalized spacial score (nSPS) is 22.0. The number of carboxylic acid groups (broad SMARTS) is 1. The first-order chi connectivity index (χ1) is 11.7. The van der Waals surface area contributed by atoms with Gasteiger partial charge in [0.25, 0.3) is 0 Å². The Bertz CT molecular complexity index is 431. The quantitative estimate of drug-likeness (QED) is 0.246. The largest absolute Gasteiger partial charge is 0.478 e. The van der Waals surface area contributed by atoms with Crippen LogP contribution in [-0.4, -0.2) is 11.1 Å². The summed E-state index contributed by atoms with van der Waals surface area (Å²) in [6.07, 6.45) is 24.3. The Kier molecular flexibility index (Phi) is 11.3. The maximum Gasteiger partial charge on any atom is 0.331 e. The summed E-state index contributed by atoms with van der Waals surface area (Å²) in [5.74, 6) is 0.766. The van der Waals surface area contributed by atoms with E-state index >= 15 is 0 Å². The molecule has 1 aliphatic rings. The molecule has 24 heavy (non-hydrogen) atoms. The van der Waals surface area contributed by atoms with Crippen molar-refractivity contribution in [3.05, 3.63) is 36.0 Å². The summed E-state index contributed by atoms with van der Waals surface area (Å²) in [6.45, 7) is 4.14. The summed E-state index contributed by atoms with van der Waals surface area (Å²) in [4.78, 5) is 10.9. The fraction of sp³-hybridized carbons (Fsp3) is 0.682. The molecule has 1 rings (SSSR count). The van der Waals surface area contributed by atoms with Crippen molar-refractivity contribution in [3.8, 4) is 0 Å². The Morgan fingerprint density at radius 3 is 2.46 bits per heavy atom. The number of carbonyl (C=O) groups is 1. The predicted octanol–water partition coefficient (Wildman–Crippen LogP) is 6.69. The van der Waals surface area contributed by atoms with E-state index in [-0.39, 0.29) is 0 Å². The average Bonchev–Trinajstić information content (AvgIpc) is 3.01. The van der Waals surface area contributed by atoms with E-state index in [0.717, 1.165) is 11.8 Å². The smallest absolute Gasteiger partial charge is 0.331 e. The minimum Gasteiger partial charge on any atom is -0.478 e. The van der Waals surface area contributed by atoms with Crippen LogP contribution in [0.4, 0.5) is 0 Å². The van der Waals surface area contributed by atoms with E-state index in [4.69, 9.17) is 5.11 Å². The molecule has 0 bridgehead atoms. The van der Waals surface area contributed by atoms with Gasteiger partial charge in [-0.25, -0.2) is 4.79 Å². The maximum absolute atomic E-state index is 10.9. The lowest BCUT2D eigenvalue weighted by atomic mass is 9.90. The standard InChI is InChI=1S/C22H36O2/c1-3-5-6-7-8-10-15-20-17-13-18-21(20)16-12-9-11-14-19(4-2)22(23)24/h9,11-12,14,16,20-21H,3-8,10,13,15,17-18H2,1-2H3,(H,23,24)/t20-,21-/m0/s1. The van der Waals surface area contributed by atoms with Crippen molar-refractivity contribution in [1.82, 2.24) is 0 Å². The van der Waals surface area contributed by atoms with Gasteiger partial charge in [0.05, 0.1) is 0 Å². The van der Waals surface area contributed by atoms with Crippen molar-refractivity contribution in [1.29, 1.82) is 0 Å². The van der Waals surface area contributed by atoms with Crippen LogP contribution in [0.15, 0.2) is 36.0 Å². The van der Waals surface area contributed by atoms with Crippen molar-refractivity contribution in [2.45, 2.75) is 84.5 Å². The van der Waals surface area contributed by atoms with Gasteiger partial charge in [0.15, 0.2) is 0 Å². The van der Waals surface area contributed by atoms with Crippen LogP contribution < -0.4 is 0 Å². The van der Waals surface area contributed by atoms with E-state index in [0.29, 0.717) is 12.0 Å². The van der Waals surface area contributed by atoms with Crippen LogP contribution in [0.3, 0.4) is 0 Å². The molecule has 0 saturated heterocycles. The highest BCUT2D eigenvalue weighted by Crippen LogP contribution is 2.36. The molecule has 2 atom stereocenters. The Morgan fingerprint density at radius 2 is 1.75 bits per heavy atom. The lowest BCUT2D eigenvalue weighted by Gasteiger charge is -2.15. The number of rotatable bonds is 12. The van der Waals surface area contributed by atoms with Crippen molar-refractivity contribution in [2.75, 3.05) is 0 Å². The zero-order chi connectivity index (χ0) is 17.6. The summed E-state index contributed by atoms with van der Waals surface area (Å²) >= 11 is 0. The number of hydrogen-bond acceptors (Lipinski definition) is 1. The molecule has 0 aromatic rings. The molecular formula is C22H36O2. The van der Waals surface area contributed by atoms with Gasteiger partial charge < -0.3 is 5.11 Å². The van der Waals surface area contributed by atoms with Gasteiger partial charge in [-0.1, -0.05) is 89.2 Å². The molecule has 1 fully saturated rings. The van der Waals surface area contributed by atoms with Gasteiger partial charge in [-0.15, -0.1) is 0 Å². The van der Waals surface area contributed by atoms with Gasteiger partial charge in [0, 0.05) is 5.57 Å². The fourth-order valence-corrected chi connectivity index (χ4v) is 3.65. The van der Waals surface area contributed by atoms with Gasteiger partial charge in [-0.05, 0) is 37.5 Å². The van der Waals surface area contributed by atoms with Crippen molar-refractivity contribution in [3.63, 3.8) is 0 Å². The highest BCUT2D eigenvalue weighted by Gasteiger charge is 2.24. The Morgan fingerprint density at radius 1 is 1.00 bits per heavy atom. The first-order valence-electron chi connectivity index (χ1n) is 9.96. The molecular weight excluding hydrogens is 296 g/mol. The number of unbranched alkanes of at least 4 members (excludes halogenated alkanes) is 5. The second-order valence-corrected chi connectivity index (χ2v) is 7.03. The van der Waals surface area contributed by atoms with Crippen LogP contribution in [0.1, 0.15) is 84.5 Å². The van der Waals surface area contributed by atoms with E-state index in [9.17, 15) is 4.79 Å². The molecule has 0 radical (unpaired) electrons. The summed E-state index contributed by atoms with van der Waals surface area (Å²) in [6, 6.07) is 0. The van der Waals surface area contributed by atoms with E-state index in [1.807, 2.05) is 19.1 Å². The molecule has 2 nitrogen and oxygen atoms in total. The van der Waals surface area contributed by atoms with E-state index in [1.165, 1.54) is 64.2 Å². The maximum atomic E-state index is 10.9. The molecule has 0 heterocycles. The third-order valence-corrected chi connectivity index (χ3v) is 5.18. The second-order valence-electron chi connectivity index (χ2n) is 7.03. The number of carboxylic acids is 1. The molecule has 0 unspecified atom stereocenters. The Balaban J connectivity index is 2.31. The summed E-state index contributed by atoms with van der Waals surface area (Å²) < 4.78 is 0. The minimum atomic E-state index is -0.819. The fourth-order valence-electron chi connectivity index (χ4n) is 3.65. The SMILES string of the molecule is CCCCCCCC[C@H]1CCC[C@@H]1C=CC=CC=C(CC)C(=O)O. The molecule has 0 aromatic carbocycles. The van der Waals surface area contributed by atoms with Gasteiger partial charge in [0.1, 0.15) is 0 Å². The molecule has 0 aliphatic heterocycles. The van der Waals surface area contributed by atoms with Gasteiger partial charge in [0.2, 0.25) is 0 Å². The van der Waals surface area contributed by atoms with Gasteiger partial charge in [-0.3, -0.25) is 0 Å². The van der Waals surface area contributed by atoms with Crippen LogP contribution in [0, 0.1) is 11.8 Å². The highest BCUT2D eigenvalue weighted by atomic mass is 16.4. The first kappa shape index (κ1) is 20.7. The molecule has 1 N–H and O–H groups in total. The number of aliphatic carboxylic acids is 1. The predicted molar refractivity (Wildman–Crippen MR) is 103 cm³/mol. The molecule has 1 saturated carbocycles. The topological polar surface area (TPSA) is 37.3 Å². The number of hydrogen-bond donors (Lipinski definition) is 1. The molecule has 0 amide bonds. The van der Waals surface area contributed by atoms with Gasteiger partial charge in [-0.2, -0.15) is 0 Å². The zero-order valence-corrected chi connectivity index (χ0v) is 15.7. The first-order valence-corrected chi connectivity index (χ1v) is 9.96. The van der Waals surface area contributed by atoms with Crippen LogP contribution in [0.25, 0.3) is 0 Å². The summed E-state index contributed by atoms with van der Waals surface area (Å²) in [5.41, 5.74) is 0.460. The Hall–Kier alpha value is -1.31. The Labute approximate surface area is 148 Å². The van der Waals surface area contributed by atoms with Crippen LogP contribution in [-0.2, 0) is 4.79 Å².